The molecule has 2 aromatic carbocycles. The first-order valence-electron chi connectivity index (χ1n) is 10.4. The van der Waals surface area contributed by atoms with Crippen LogP contribution in [-0.2, 0) is 11.2 Å². The fourth-order valence-electron chi connectivity index (χ4n) is 4.17. The Morgan fingerprint density at radius 1 is 0.857 bits per heavy atom. The van der Waals surface area contributed by atoms with Gasteiger partial charge in [0.25, 0.3) is 0 Å². The summed E-state index contributed by atoms with van der Waals surface area (Å²) in [5, 5.41) is 0. The van der Waals surface area contributed by atoms with E-state index in [-0.39, 0.29) is 24.2 Å². The summed E-state index contributed by atoms with van der Waals surface area (Å²) in [6.07, 6.45) is 4.03. The van der Waals surface area contributed by atoms with Crippen molar-refractivity contribution in [1.29, 1.82) is 0 Å². The Balaban J connectivity index is 1.39. The number of piperazine rings is 1. The van der Waals surface area contributed by atoms with E-state index in [0.717, 1.165) is 32.1 Å². The lowest BCUT2D eigenvalue weighted by Gasteiger charge is -2.42. The number of carbonyl (C=O) groups excluding carboxylic acids is 2. The van der Waals surface area contributed by atoms with Crippen LogP contribution in [-0.4, -0.2) is 53.2 Å². The van der Waals surface area contributed by atoms with Crippen molar-refractivity contribution >= 4 is 11.7 Å². The average Bonchev–Trinajstić information content (AvgIpc) is 3.58. The summed E-state index contributed by atoms with van der Waals surface area (Å²) in [7, 11) is 0. The van der Waals surface area contributed by atoms with Gasteiger partial charge in [0.2, 0.25) is 5.91 Å². The highest BCUT2D eigenvalue weighted by Crippen LogP contribution is 2.30. The number of nitrogens with zero attached hydrogens (tertiary/aromatic N) is 2. The molecule has 1 heterocycles. The van der Waals surface area contributed by atoms with Gasteiger partial charge in [-0.05, 0) is 24.8 Å². The largest absolute Gasteiger partial charge is 0.337 e. The lowest BCUT2D eigenvalue weighted by atomic mass is 10.0. The highest BCUT2D eigenvalue weighted by atomic mass is 16.2. The molecule has 0 radical (unpaired) electrons. The van der Waals surface area contributed by atoms with Crippen LogP contribution in [0.5, 0.6) is 0 Å². The molecule has 1 saturated carbocycles. The fourth-order valence-corrected chi connectivity index (χ4v) is 4.17. The quantitative estimate of drug-likeness (QED) is 0.694. The third kappa shape index (κ3) is 4.68. The Hall–Kier alpha value is -2.46. The van der Waals surface area contributed by atoms with E-state index in [1.807, 2.05) is 41.3 Å². The predicted octanol–water partition coefficient (Wildman–Crippen LogP) is 3.57. The maximum absolute atomic E-state index is 13.0. The second-order valence-electron chi connectivity index (χ2n) is 7.95. The van der Waals surface area contributed by atoms with Gasteiger partial charge >= 0.3 is 0 Å². The second-order valence-corrected chi connectivity index (χ2v) is 7.95. The van der Waals surface area contributed by atoms with Crippen LogP contribution in [0.15, 0.2) is 60.7 Å². The standard InChI is InChI=1S/C24H28N2O2/c27-23(20-9-5-2-6-10-20)13-14-24(28)26-16-15-25(21-11-12-21)18-22(26)17-19-7-3-1-4-8-19/h1-10,21-22H,11-18H2. The molecular formula is C24H28N2O2. The molecule has 1 atom stereocenters. The SMILES string of the molecule is O=C(CCC(=O)N1CCN(C2CC2)CC1Cc1ccccc1)c1ccccc1. The highest BCUT2D eigenvalue weighted by Gasteiger charge is 2.37. The summed E-state index contributed by atoms with van der Waals surface area (Å²) >= 11 is 0. The van der Waals surface area contributed by atoms with Gasteiger partial charge in [0.05, 0.1) is 0 Å². The molecule has 2 fully saturated rings. The Morgan fingerprint density at radius 2 is 1.54 bits per heavy atom. The van der Waals surface area contributed by atoms with Crippen molar-refractivity contribution in [3.63, 3.8) is 0 Å². The molecule has 28 heavy (non-hydrogen) atoms. The first-order valence-corrected chi connectivity index (χ1v) is 10.4. The zero-order valence-corrected chi connectivity index (χ0v) is 16.3. The van der Waals surface area contributed by atoms with Gasteiger partial charge in [-0.1, -0.05) is 60.7 Å². The van der Waals surface area contributed by atoms with Crippen molar-refractivity contribution in [3.05, 3.63) is 71.8 Å². The number of hydrogen-bond acceptors (Lipinski definition) is 3. The molecule has 1 unspecified atom stereocenters. The third-order valence-corrected chi connectivity index (χ3v) is 5.87. The van der Waals surface area contributed by atoms with Gasteiger partial charge in [0, 0.05) is 50.1 Å². The van der Waals surface area contributed by atoms with Crippen molar-refractivity contribution in [1.82, 2.24) is 9.80 Å². The van der Waals surface area contributed by atoms with Crippen molar-refractivity contribution in [2.24, 2.45) is 0 Å². The molecule has 0 bridgehead atoms. The Labute approximate surface area is 167 Å². The van der Waals surface area contributed by atoms with E-state index in [0.29, 0.717) is 12.0 Å². The van der Waals surface area contributed by atoms with Gasteiger partial charge in [-0.15, -0.1) is 0 Å². The van der Waals surface area contributed by atoms with Crippen molar-refractivity contribution in [2.45, 2.75) is 44.2 Å². The first-order chi connectivity index (χ1) is 13.7. The van der Waals surface area contributed by atoms with Crippen LogP contribution in [0.2, 0.25) is 0 Å². The van der Waals surface area contributed by atoms with Crippen LogP contribution >= 0.6 is 0 Å². The summed E-state index contributed by atoms with van der Waals surface area (Å²) in [5.41, 5.74) is 1.96. The van der Waals surface area contributed by atoms with E-state index in [1.165, 1.54) is 18.4 Å². The summed E-state index contributed by atoms with van der Waals surface area (Å²) in [6, 6.07) is 20.6. The topological polar surface area (TPSA) is 40.6 Å². The summed E-state index contributed by atoms with van der Waals surface area (Å²) in [5.74, 6) is 0.158. The van der Waals surface area contributed by atoms with Crippen molar-refractivity contribution < 1.29 is 9.59 Å². The Morgan fingerprint density at radius 3 is 2.21 bits per heavy atom. The number of carbonyl (C=O) groups is 2. The van der Waals surface area contributed by atoms with Crippen molar-refractivity contribution in [2.75, 3.05) is 19.6 Å². The molecule has 0 N–H and O–H groups in total. The van der Waals surface area contributed by atoms with Gasteiger partial charge in [-0.3, -0.25) is 14.5 Å². The lowest BCUT2D eigenvalue weighted by molar-refractivity contribution is -0.136. The van der Waals surface area contributed by atoms with Crippen LogP contribution in [0.4, 0.5) is 0 Å². The first kappa shape index (κ1) is 18.9. The summed E-state index contributed by atoms with van der Waals surface area (Å²) in [4.78, 5) is 29.9. The number of ketones is 1. The molecule has 1 saturated heterocycles. The molecule has 0 aromatic heterocycles. The number of benzene rings is 2. The number of amides is 1. The van der Waals surface area contributed by atoms with Crippen LogP contribution in [0.25, 0.3) is 0 Å². The molecule has 1 amide bonds. The van der Waals surface area contributed by atoms with Crippen LogP contribution < -0.4 is 0 Å². The van der Waals surface area contributed by atoms with E-state index in [2.05, 4.69) is 29.2 Å². The normalized spacial score (nSPS) is 20.1. The molecule has 1 aliphatic carbocycles. The Bertz CT molecular complexity index is 802. The summed E-state index contributed by atoms with van der Waals surface area (Å²) in [6.45, 7) is 2.67. The zero-order chi connectivity index (χ0) is 19.3. The molecule has 2 aromatic rings. The van der Waals surface area contributed by atoms with Crippen LogP contribution in [0.1, 0.15) is 41.6 Å². The molecule has 146 valence electrons. The van der Waals surface area contributed by atoms with E-state index in [9.17, 15) is 9.59 Å². The van der Waals surface area contributed by atoms with E-state index >= 15 is 0 Å². The number of Topliss-reactive ketones (excluding diaryl/α,β-unsaturated/α-hetero) is 1. The van der Waals surface area contributed by atoms with E-state index in [4.69, 9.17) is 0 Å². The maximum Gasteiger partial charge on any atom is 0.223 e. The van der Waals surface area contributed by atoms with Gasteiger partial charge in [0.1, 0.15) is 0 Å². The molecule has 1 aliphatic heterocycles. The minimum atomic E-state index is 0.0465. The number of hydrogen-bond donors (Lipinski definition) is 0. The monoisotopic (exact) mass is 376 g/mol. The summed E-state index contributed by atoms with van der Waals surface area (Å²) < 4.78 is 0. The molecule has 4 nitrogen and oxygen atoms in total. The van der Waals surface area contributed by atoms with Gasteiger partial charge in [-0.2, -0.15) is 0 Å². The van der Waals surface area contributed by atoms with E-state index < -0.39 is 0 Å². The second kappa shape index (κ2) is 8.70. The molecule has 2 aliphatic rings. The highest BCUT2D eigenvalue weighted by molar-refractivity contribution is 5.97. The van der Waals surface area contributed by atoms with Gasteiger partial charge < -0.3 is 4.90 Å². The zero-order valence-electron chi connectivity index (χ0n) is 16.3. The average molecular weight is 376 g/mol. The molecule has 0 spiro atoms. The number of rotatable bonds is 7. The molecule has 4 heteroatoms. The van der Waals surface area contributed by atoms with E-state index in [1.54, 1.807) is 0 Å². The smallest absolute Gasteiger partial charge is 0.223 e. The predicted molar refractivity (Wildman–Crippen MR) is 110 cm³/mol. The van der Waals surface area contributed by atoms with Crippen molar-refractivity contribution in [3.8, 4) is 0 Å². The van der Waals surface area contributed by atoms with Gasteiger partial charge in [-0.25, -0.2) is 0 Å². The minimum absolute atomic E-state index is 0.0465. The van der Waals surface area contributed by atoms with Crippen LogP contribution in [0, 0.1) is 0 Å². The van der Waals surface area contributed by atoms with Gasteiger partial charge in [0.15, 0.2) is 5.78 Å². The minimum Gasteiger partial charge on any atom is -0.337 e. The fraction of sp³-hybridized carbons (Fsp3) is 0.417. The molecule has 4 rings (SSSR count). The maximum atomic E-state index is 13.0. The third-order valence-electron chi connectivity index (χ3n) is 5.87. The molecular weight excluding hydrogens is 348 g/mol. The Kier molecular flexibility index (Phi) is 5.87. The lowest BCUT2D eigenvalue weighted by Crippen LogP contribution is -2.56. The van der Waals surface area contributed by atoms with Crippen LogP contribution in [0.3, 0.4) is 0 Å².